The van der Waals surface area contributed by atoms with Crippen LogP contribution in [-0.4, -0.2) is 23.2 Å². The molecular formula is C21H17FN2O4S. The van der Waals surface area contributed by atoms with Gasteiger partial charge in [-0.2, -0.15) is 0 Å². The summed E-state index contributed by atoms with van der Waals surface area (Å²) in [5.41, 5.74) is 0.739. The Balaban J connectivity index is 1.85. The lowest BCUT2D eigenvalue weighted by molar-refractivity contribution is 0.355. The molecule has 2 aromatic heterocycles. The van der Waals surface area contributed by atoms with E-state index in [0.717, 1.165) is 24.4 Å². The molecule has 1 aliphatic rings. The molecule has 1 N–H and O–H groups in total. The van der Waals surface area contributed by atoms with Crippen LogP contribution in [0.25, 0.3) is 32.2 Å². The van der Waals surface area contributed by atoms with Gasteiger partial charge < -0.3 is 14.0 Å². The Bertz CT molecular complexity index is 1400. The number of hydrogen-bond donors (Lipinski definition) is 1. The third-order valence-electron chi connectivity index (χ3n) is 5.32. The van der Waals surface area contributed by atoms with Gasteiger partial charge in [-0.05, 0) is 54.2 Å². The van der Waals surface area contributed by atoms with Crippen LogP contribution in [0.15, 0.2) is 39.9 Å². The second kappa shape index (κ2) is 6.45. The standard InChI is InChI=1S/C21H17FN2O4S/c1-27-16-6-3-10(7-17(16)28-2)12-9-15-13(8-14(12)22)19(25)18-20(26)23-29-21(18)24(15)11-4-5-11/h3,6-9,11H,4-5H2,1-2H3,(H,23,26). The van der Waals surface area contributed by atoms with Gasteiger partial charge in [0.15, 0.2) is 11.5 Å². The number of pyridine rings is 1. The zero-order chi connectivity index (χ0) is 20.3. The SMILES string of the molecule is COc1ccc(-c2cc3c(cc2F)c(=O)c2c(=O)[nH]sc2n3C2CC2)cc1OC. The molecule has 0 aliphatic heterocycles. The van der Waals surface area contributed by atoms with E-state index in [4.69, 9.17) is 9.47 Å². The van der Waals surface area contributed by atoms with Crippen LogP contribution in [0.4, 0.5) is 4.39 Å². The minimum atomic E-state index is -0.532. The number of nitrogens with one attached hydrogen (secondary N) is 1. The maximum atomic E-state index is 15.1. The highest BCUT2D eigenvalue weighted by molar-refractivity contribution is 7.12. The summed E-state index contributed by atoms with van der Waals surface area (Å²) >= 11 is 1.15. The van der Waals surface area contributed by atoms with E-state index in [-0.39, 0.29) is 16.8 Å². The van der Waals surface area contributed by atoms with Crippen molar-refractivity contribution in [2.24, 2.45) is 0 Å². The van der Waals surface area contributed by atoms with Gasteiger partial charge in [-0.25, -0.2) is 4.39 Å². The van der Waals surface area contributed by atoms with Crippen LogP contribution in [0.5, 0.6) is 11.5 Å². The summed E-state index contributed by atoms with van der Waals surface area (Å²) in [6, 6.07) is 8.30. The molecule has 0 bridgehead atoms. The second-order valence-electron chi connectivity index (χ2n) is 7.06. The van der Waals surface area contributed by atoms with Crippen molar-refractivity contribution in [3.63, 3.8) is 0 Å². The van der Waals surface area contributed by atoms with Crippen LogP contribution in [0.2, 0.25) is 0 Å². The number of nitrogens with zero attached hydrogens (tertiary/aromatic N) is 1. The molecule has 0 spiro atoms. The summed E-state index contributed by atoms with van der Waals surface area (Å²) in [4.78, 5) is 25.7. The number of hydrogen-bond acceptors (Lipinski definition) is 5. The molecule has 1 aliphatic carbocycles. The van der Waals surface area contributed by atoms with E-state index >= 15 is 4.39 Å². The molecule has 6 nitrogen and oxygen atoms in total. The first kappa shape index (κ1) is 17.9. The third-order valence-corrected chi connectivity index (χ3v) is 6.20. The van der Waals surface area contributed by atoms with Crippen molar-refractivity contribution in [1.29, 1.82) is 0 Å². The highest BCUT2D eigenvalue weighted by Gasteiger charge is 2.29. The highest BCUT2D eigenvalue weighted by atomic mass is 32.1. The normalized spacial score (nSPS) is 13.9. The summed E-state index contributed by atoms with van der Waals surface area (Å²) in [7, 11) is 3.06. The van der Waals surface area contributed by atoms with E-state index < -0.39 is 16.8 Å². The Kier molecular flexibility index (Phi) is 3.99. The van der Waals surface area contributed by atoms with Crippen LogP contribution in [0.3, 0.4) is 0 Å². The van der Waals surface area contributed by atoms with Crippen LogP contribution < -0.4 is 20.5 Å². The number of methoxy groups -OCH3 is 2. The number of aromatic nitrogens is 2. The molecule has 0 amide bonds. The van der Waals surface area contributed by atoms with Gasteiger partial charge in [-0.15, -0.1) is 0 Å². The summed E-state index contributed by atoms with van der Waals surface area (Å²) in [6.07, 6.45) is 1.92. The Morgan fingerprint density at radius 3 is 2.55 bits per heavy atom. The lowest BCUT2D eigenvalue weighted by atomic mass is 10.0. The number of halogens is 1. The zero-order valence-electron chi connectivity index (χ0n) is 15.7. The topological polar surface area (TPSA) is 73.3 Å². The van der Waals surface area contributed by atoms with Gasteiger partial charge >= 0.3 is 0 Å². The molecule has 5 rings (SSSR count). The maximum absolute atomic E-state index is 15.1. The van der Waals surface area contributed by atoms with Crippen LogP contribution >= 0.6 is 11.5 Å². The monoisotopic (exact) mass is 412 g/mol. The first-order valence-corrected chi connectivity index (χ1v) is 9.96. The lowest BCUT2D eigenvalue weighted by Crippen LogP contribution is -2.15. The zero-order valence-corrected chi connectivity index (χ0v) is 16.6. The summed E-state index contributed by atoms with van der Waals surface area (Å²) in [6.45, 7) is 0. The van der Waals surface area contributed by atoms with Gasteiger partial charge in [0.25, 0.3) is 5.56 Å². The van der Waals surface area contributed by atoms with Crippen molar-refractivity contribution < 1.29 is 13.9 Å². The fourth-order valence-corrected chi connectivity index (χ4v) is 4.70. The van der Waals surface area contributed by atoms with Crippen molar-refractivity contribution in [1.82, 2.24) is 8.94 Å². The van der Waals surface area contributed by atoms with Crippen LogP contribution in [-0.2, 0) is 0 Å². The number of ether oxygens (including phenoxy) is 2. The molecule has 1 fully saturated rings. The molecule has 0 atom stereocenters. The number of rotatable bonds is 4. The van der Waals surface area contributed by atoms with Crippen LogP contribution in [0, 0.1) is 5.82 Å². The number of benzene rings is 2. The van der Waals surface area contributed by atoms with Crippen molar-refractivity contribution >= 4 is 32.7 Å². The fraction of sp³-hybridized carbons (Fsp3) is 0.238. The fourth-order valence-electron chi connectivity index (χ4n) is 3.77. The van der Waals surface area contributed by atoms with Gasteiger partial charge in [0.1, 0.15) is 16.0 Å². The molecule has 2 aromatic carbocycles. The molecule has 29 heavy (non-hydrogen) atoms. The van der Waals surface area contributed by atoms with Gasteiger partial charge in [0.05, 0.1) is 19.7 Å². The molecule has 2 heterocycles. The van der Waals surface area contributed by atoms with Crippen LogP contribution in [0.1, 0.15) is 18.9 Å². The molecule has 0 radical (unpaired) electrons. The maximum Gasteiger partial charge on any atom is 0.271 e. The Hall–Kier alpha value is -3.13. The molecule has 0 saturated heterocycles. The van der Waals surface area contributed by atoms with E-state index in [0.29, 0.717) is 33.0 Å². The summed E-state index contributed by atoms with van der Waals surface area (Å²) in [5, 5.41) is 0.322. The molecule has 8 heteroatoms. The summed E-state index contributed by atoms with van der Waals surface area (Å²) < 4.78 is 30.3. The minimum Gasteiger partial charge on any atom is -0.493 e. The average molecular weight is 412 g/mol. The molecule has 4 aromatic rings. The Morgan fingerprint density at radius 2 is 1.86 bits per heavy atom. The van der Waals surface area contributed by atoms with Gasteiger partial charge in [0, 0.05) is 17.0 Å². The Morgan fingerprint density at radius 1 is 1.10 bits per heavy atom. The Labute approximate surface area is 168 Å². The van der Waals surface area contributed by atoms with E-state index in [2.05, 4.69) is 4.37 Å². The summed E-state index contributed by atoms with van der Waals surface area (Å²) in [5.74, 6) is 0.504. The predicted molar refractivity (Wildman–Crippen MR) is 111 cm³/mol. The smallest absolute Gasteiger partial charge is 0.271 e. The molecule has 0 unspecified atom stereocenters. The highest BCUT2D eigenvalue weighted by Crippen LogP contribution is 2.41. The van der Waals surface area contributed by atoms with Gasteiger partial charge in [-0.1, -0.05) is 6.07 Å². The number of H-pyrrole nitrogens is 1. The van der Waals surface area contributed by atoms with Crippen molar-refractivity contribution in [3.8, 4) is 22.6 Å². The predicted octanol–water partition coefficient (Wildman–Crippen LogP) is 4.06. The number of aromatic amines is 1. The van der Waals surface area contributed by atoms with Gasteiger partial charge in [-0.3, -0.25) is 14.0 Å². The lowest BCUT2D eigenvalue weighted by Gasteiger charge is -2.14. The quantitative estimate of drug-likeness (QED) is 0.549. The van der Waals surface area contributed by atoms with Crippen molar-refractivity contribution in [2.75, 3.05) is 14.2 Å². The van der Waals surface area contributed by atoms with E-state index in [9.17, 15) is 9.59 Å². The molecule has 1 saturated carbocycles. The minimum absolute atomic E-state index is 0.104. The molecular weight excluding hydrogens is 395 g/mol. The van der Waals surface area contributed by atoms with E-state index in [1.54, 1.807) is 24.3 Å². The van der Waals surface area contributed by atoms with Crippen molar-refractivity contribution in [3.05, 3.63) is 56.7 Å². The first-order valence-electron chi connectivity index (χ1n) is 9.14. The van der Waals surface area contributed by atoms with E-state index in [1.807, 2.05) is 4.57 Å². The second-order valence-corrected chi connectivity index (χ2v) is 7.86. The third kappa shape index (κ3) is 2.66. The first-order chi connectivity index (χ1) is 14.0. The van der Waals surface area contributed by atoms with E-state index in [1.165, 1.54) is 20.3 Å². The molecule has 148 valence electrons. The average Bonchev–Trinajstić information content (AvgIpc) is 3.49. The largest absolute Gasteiger partial charge is 0.493 e. The number of fused-ring (bicyclic) bond motifs is 2. The van der Waals surface area contributed by atoms with Crippen molar-refractivity contribution in [2.45, 2.75) is 18.9 Å². The van der Waals surface area contributed by atoms with Gasteiger partial charge in [0.2, 0.25) is 5.43 Å².